The zero-order valence-electron chi connectivity index (χ0n) is 21.2. The first-order chi connectivity index (χ1) is 13.2. The second kappa shape index (κ2) is 11.6. The highest BCUT2D eigenvalue weighted by Gasteiger charge is 2.40. The Balaban J connectivity index is 5.99. The lowest BCUT2D eigenvalue weighted by Crippen LogP contribution is -2.47. The van der Waals surface area contributed by atoms with Crippen LogP contribution in [0.5, 0.6) is 0 Å². The van der Waals surface area contributed by atoms with E-state index >= 15 is 0 Å². The summed E-state index contributed by atoms with van der Waals surface area (Å²) in [5.74, 6) is 0. The largest absolute Gasteiger partial charge is 0.409 e. The van der Waals surface area contributed by atoms with Crippen molar-refractivity contribution in [2.45, 2.75) is 90.8 Å². The second-order valence-electron chi connectivity index (χ2n) is 11.0. The van der Waals surface area contributed by atoms with Crippen molar-refractivity contribution >= 4 is 47.3 Å². The first-order valence-corrected chi connectivity index (χ1v) is 25.4. The molecule has 0 aliphatic heterocycles. The molecule has 0 N–H and O–H groups in total. The second-order valence-corrected chi connectivity index (χ2v) is 31.2. The summed E-state index contributed by atoms with van der Waals surface area (Å²) < 4.78 is 31.3. The molecule has 0 aliphatic carbocycles. The maximum atomic E-state index is 11.9. The predicted molar refractivity (Wildman–Crippen MR) is 134 cm³/mol. The molecule has 0 spiro atoms. The van der Waals surface area contributed by atoms with Crippen LogP contribution < -0.4 is 0 Å². The molecule has 0 saturated carbocycles. The number of aldehydes is 1. The van der Waals surface area contributed by atoms with Crippen LogP contribution >= 0.6 is 7.74 Å². The van der Waals surface area contributed by atoms with Crippen molar-refractivity contribution in [1.82, 2.24) is 0 Å². The summed E-state index contributed by atoms with van der Waals surface area (Å²) in [6, 6.07) is 0. The molecule has 0 unspecified atom stereocenters. The number of hydrogen-bond acceptors (Lipinski definition) is 8. The smallest absolute Gasteiger partial charge is 0.362 e. The minimum atomic E-state index is -3.16. The van der Waals surface area contributed by atoms with Gasteiger partial charge in [-0.25, -0.2) is 0 Å². The Morgan fingerprint density at radius 3 is 1.50 bits per heavy atom. The van der Waals surface area contributed by atoms with Gasteiger partial charge in [0.25, 0.3) is 0 Å². The minimum absolute atomic E-state index is 0.0632. The molecule has 0 rings (SSSR count). The van der Waals surface area contributed by atoms with E-state index in [4.69, 9.17) is 26.6 Å². The van der Waals surface area contributed by atoms with Crippen LogP contribution in [0.1, 0.15) is 0 Å². The molecule has 0 aliphatic rings. The Morgan fingerprint density at radius 2 is 1.20 bits per heavy atom. The van der Waals surface area contributed by atoms with Gasteiger partial charge in [-0.15, -0.1) is 0 Å². The number of hydrogen-bond donors (Lipinski definition) is 0. The Labute approximate surface area is 188 Å². The van der Waals surface area contributed by atoms with Crippen molar-refractivity contribution in [3.8, 4) is 0 Å². The molecule has 0 aromatic carbocycles. The summed E-state index contributed by atoms with van der Waals surface area (Å²) >= 11 is 0. The zero-order valence-corrected chi connectivity index (χ0v) is 26.1. The molecular weight excluding hydrogens is 474 g/mol. The van der Waals surface area contributed by atoms with Gasteiger partial charge in [-0.05, 0) is 78.6 Å². The lowest BCUT2D eigenvalue weighted by molar-refractivity contribution is -0.119. The Hall–Kier alpha value is 0.528. The first-order valence-electron chi connectivity index (χ1n) is 10.2. The standard InChI is InChI=1S/C17H44NO7PSi4/c1-20-18-26(24-29(8,9)10,25-30(11,12)13)21-15-17(23-28(5,6)7)16(14-19)22-27(2,3)4/h14,16-17H,15H2,1-13H3/t16-,17+/m0/s1. The average molecular weight is 518 g/mol. The van der Waals surface area contributed by atoms with E-state index in [1.165, 1.54) is 7.11 Å². The fourth-order valence-electron chi connectivity index (χ4n) is 2.34. The summed E-state index contributed by atoms with van der Waals surface area (Å²) in [5.41, 5.74) is 0. The molecule has 0 bridgehead atoms. The minimum Gasteiger partial charge on any atom is -0.409 e. The Bertz CT molecular complexity index is 575. The van der Waals surface area contributed by atoms with Crippen LogP contribution in [-0.2, 0) is 31.4 Å². The van der Waals surface area contributed by atoms with Crippen molar-refractivity contribution in [2.75, 3.05) is 13.7 Å². The van der Waals surface area contributed by atoms with E-state index in [9.17, 15) is 4.79 Å². The van der Waals surface area contributed by atoms with Crippen molar-refractivity contribution < 1.29 is 31.4 Å². The number of carbonyl (C=O) groups excluding carboxylic acids is 1. The SMILES string of the molecule is CON=P(OC[C@@H](O[Si](C)(C)C)[C@H](C=O)O[Si](C)(C)C)(O[Si](C)(C)C)O[Si](C)(C)C. The molecule has 0 aromatic rings. The number of carbonyl (C=O) groups is 1. The van der Waals surface area contributed by atoms with E-state index in [1.54, 1.807) is 0 Å². The topological polar surface area (TPSA) is 84.8 Å². The van der Waals surface area contributed by atoms with Crippen LogP contribution in [0.3, 0.4) is 0 Å². The summed E-state index contributed by atoms with van der Waals surface area (Å²) in [5, 5.41) is 0. The first kappa shape index (κ1) is 30.5. The Morgan fingerprint density at radius 1 is 0.767 bits per heavy atom. The van der Waals surface area contributed by atoms with Gasteiger partial charge in [0, 0.05) is 0 Å². The van der Waals surface area contributed by atoms with Crippen LogP contribution in [0, 0.1) is 0 Å². The third kappa shape index (κ3) is 14.6. The normalized spacial score (nSPS) is 16.3. The van der Waals surface area contributed by atoms with Crippen LogP contribution in [0.4, 0.5) is 0 Å². The maximum absolute atomic E-state index is 11.9. The van der Waals surface area contributed by atoms with E-state index in [-0.39, 0.29) is 6.61 Å². The van der Waals surface area contributed by atoms with Crippen LogP contribution in [0.2, 0.25) is 78.6 Å². The number of nitrogens with zero attached hydrogens (tertiary/aromatic N) is 1. The highest BCUT2D eigenvalue weighted by molar-refractivity contribution is 7.54. The van der Waals surface area contributed by atoms with Gasteiger partial charge in [0.15, 0.2) is 33.3 Å². The van der Waals surface area contributed by atoms with E-state index in [0.717, 1.165) is 6.29 Å². The highest BCUT2D eigenvalue weighted by Crippen LogP contribution is 2.57. The van der Waals surface area contributed by atoms with Gasteiger partial charge < -0.3 is 22.1 Å². The molecule has 0 fully saturated rings. The third-order valence-corrected chi connectivity index (χ3v) is 11.9. The molecule has 180 valence electrons. The van der Waals surface area contributed by atoms with E-state index in [2.05, 4.69) is 24.5 Å². The summed E-state index contributed by atoms with van der Waals surface area (Å²) in [6.45, 7) is 24.6. The van der Waals surface area contributed by atoms with Crippen molar-refractivity contribution in [1.29, 1.82) is 0 Å². The van der Waals surface area contributed by atoms with Crippen molar-refractivity contribution in [3.05, 3.63) is 0 Å². The molecule has 0 amide bonds. The summed E-state index contributed by atoms with van der Waals surface area (Å²) in [7, 11) is -9.89. The summed E-state index contributed by atoms with van der Waals surface area (Å²) in [6.07, 6.45) is -0.506. The summed E-state index contributed by atoms with van der Waals surface area (Å²) in [4.78, 5) is 21.2. The van der Waals surface area contributed by atoms with Crippen LogP contribution in [0.15, 0.2) is 4.91 Å². The number of rotatable bonds is 14. The van der Waals surface area contributed by atoms with E-state index < -0.39 is 53.2 Å². The lowest BCUT2D eigenvalue weighted by atomic mass is 10.2. The Kier molecular flexibility index (Phi) is 11.8. The van der Waals surface area contributed by atoms with Gasteiger partial charge >= 0.3 is 7.74 Å². The van der Waals surface area contributed by atoms with Crippen LogP contribution in [0.25, 0.3) is 0 Å². The van der Waals surface area contributed by atoms with Crippen molar-refractivity contribution in [2.24, 2.45) is 4.91 Å². The molecule has 0 heterocycles. The zero-order chi connectivity index (χ0) is 24.0. The van der Waals surface area contributed by atoms with E-state index in [1.807, 2.05) is 58.9 Å². The predicted octanol–water partition coefficient (Wildman–Crippen LogP) is 5.85. The fourth-order valence-corrected chi connectivity index (χ4v) is 11.8. The third-order valence-electron chi connectivity index (χ3n) is 2.86. The van der Waals surface area contributed by atoms with Gasteiger partial charge in [0.1, 0.15) is 18.5 Å². The molecule has 0 radical (unpaired) electrons. The average Bonchev–Trinajstić information content (AvgIpc) is 2.44. The molecular formula is C17H44NO7PSi4. The van der Waals surface area contributed by atoms with Crippen LogP contribution in [-0.4, -0.2) is 65.5 Å². The molecule has 13 heteroatoms. The van der Waals surface area contributed by atoms with Gasteiger partial charge in [0.2, 0.25) is 0 Å². The molecule has 30 heavy (non-hydrogen) atoms. The lowest BCUT2D eigenvalue weighted by Gasteiger charge is -2.37. The van der Waals surface area contributed by atoms with Gasteiger partial charge in [0.05, 0.1) is 13.7 Å². The van der Waals surface area contributed by atoms with Gasteiger partial charge in [-0.3, -0.25) is 9.36 Å². The van der Waals surface area contributed by atoms with E-state index in [0.29, 0.717) is 0 Å². The fraction of sp³-hybridized carbons (Fsp3) is 0.941. The highest BCUT2D eigenvalue weighted by atomic mass is 31.2. The quantitative estimate of drug-likeness (QED) is 0.124. The monoisotopic (exact) mass is 517 g/mol. The molecule has 0 aromatic heterocycles. The van der Waals surface area contributed by atoms with Gasteiger partial charge in [-0.2, -0.15) is 0 Å². The molecule has 8 nitrogen and oxygen atoms in total. The van der Waals surface area contributed by atoms with Gasteiger partial charge in [-0.1, -0.05) is 4.91 Å². The molecule has 0 saturated heterocycles. The molecule has 2 atom stereocenters. The maximum Gasteiger partial charge on any atom is 0.362 e. The van der Waals surface area contributed by atoms with Crippen molar-refractivity contribution in [3.63, 3.8) is 0 Å².